The second-order valence-corrected chi connectivity index (χ2v) is 10.7. The number of amides is 1. The van der Waals surface area contributed by atoms with Crippen molar-refractivity contribution < 1.29 is 22.5 Å². The van der Waals surface area contributed by atoms with Crippen LogP contribution in [0.1, 0.15) is 18.9 Å². The molecule has 0 aliphatic carbocycles. The van der Waals surface area contributed by atoms with E-state index in [0.717, 1.165) is 4.90 Å². The summed E-state index contributed by atoms with van der Waals surface area (Å²) < 4.78 is 54.2. The molecule has 2 heterocycles. The van der Waals surface area contributed by atoms with Gasteiger partial charge in [0.05, 0.1) is 21.8 Å². The van der Waals surface area contributed by atoms with Crippen LogP contribution in [0, 0.1) is 16.1 Å². The van der Waals surface area contributed by atoms with Crippen LogP contribution in [0.25, 0.3) is 11.4 Å². The zero-order valence-corrected chi connectivity index (χ0v) is 20.8. The molecular weight excluding hydrogens is 504 g/mol. The molecule has 2 aromatic carbocycles. The first-order valence-corrected chi connectivity index (χ1v) is 13.1. The van der Waals surface area contributed by atoms with Gasteiger partial charge < -0.3 is 15.0 Å². The van der Waals surface area contributed by atoms with Gasteiger partial charge in [-0.15, -0.1) is 0 Å². The molecule has 10 nitrogen and oxygen atoms in total. The van der Waals surface area contributed by atoms with Crippen molar-refractivity contribution in [3.8, 4) is 23.2 Å². The maximum Gasteiger partial charge on any atom is 0.301 e. The SMILES string of the molecule is CC(=O)N1CCC(Oc2ccc(-c3ncnc(Nc4ccc(S(C)(=N)=O)cc4)n3)cc2C#N)C(F)(F)C1. The average Bonchev–Trinajstić information content (AvgIpc) is 2.85. The molecule has 1 amide bonds. The molecule has 1 aliphatic rings. The van der Waals surface area contributed by atoms with Gasteiger partial charge in [0.2, 0.25) is 11.9 Å². The molecule has 1 saturated heterocycles. The lowest BCUT2D eigenvalue weighted by Crippen LogP contribution is -2.54. The van der Waals surface area contributed by atoms with E-state index in [1.165, 1.54) is 31.6 Å². The Kier molecular flexibility index (Phi) is 7.04. The van der Waals surface area contributed by atoms with Crippen LogP contribution in [0.3, 0.4) is 0 Å². The molecule has 1 aromatic heterocycles. The first kappa shape index (κ1) is 25.9. The minimum atomic E-state index is -3.27. The van der Waals surface area contributed by atoms with E-state index in [-0.39, 0.29) is 36.1 Å². The van der Waals surface area contributed by atoms with Crippen molar-refractivity contribution in [2.75, 3.05) is 24.7 Å². The minimum absolute atomic E-state index is 0.00147. The quantitative estimate of drug-likeness (QED) is 0.492. The summed E-state index contributed by atoms with van der Waals surface area (Å²) in [4.78, 5) is 25.5. The van der Waals surface area contributed by atoms with E-state index in [2.05, 4.69) is 20.3 Å². The molecule has 13 heteroatoms. The zero-order valence-electron chi connectivity index (χ0n) is 19.9. The first-order valence-electron chi connectivity index (χ1n) is 11.1. The Morgan fingerprint density at radius 1 is 1.27 bits per heavy atom. The molecule has 4 rings (SSSR count). The van der Waals surface area contributed by atoms with Gasteiger partial charge in [-0.05, 0) is 42.5 Å². The molecule has 37 heavy (non-hydrogen) atoms. The topological polar surface area (TPSA) is 145 Å². The maximum atomic E-state index is 14.6. The number of ether oxygens (including phenoxy) is 1. The highest BCUT2D eigenvalue weighted by molar-refractivity contribution is 7.91. The molecule has 2 unspecified atom stereocenters. The number of nitriles is 1. The van der Waals surface area contributed by atoms with Crippen molar-refractivity contribution in [2.24, 2.45) is 0 Å². The van der Waals surface area contributed by atoms with Gasteiger partial charge in [0.25, 0.3) is 0 Å². The summed E-state index contributed by atoms with van der Waals surface area (Å²) in [6, 6.07) is 12.8. The lowest BCUT2D eigenvalue weighted by atomic mass is 10.0. The molecule has 2 N–H and O–H groups in total. The molecule has 0 spiro atoms. The van der Waals surface area contributed by atoms with Crippen molar-refractivity contribution >= 4 is 27.3 Å². The van der Waals surface area contributed by atoms with Crippen LogP contribution in [0.5, 0.6) is 5.75 Å². The number of hydrogen-bond acceptors (Lipinski definition) is 9. The smallest absolute Gasteiger partial charge is 0.301 e. The van der Waals surface area contributed by atoms with Crippen LogP contribution < -0.4 is 10.1 Å². The summed E-state index contributed by atoms with van der Waals surface area (Å²) in [5.74, 6) is -3.25. The highest BCUT2D eigenvalue weighted by Gasteiger charge is 2.47. The van der Waals surface area contributed by atoms with Gasteiger partial charge in [-0.3, -0.25) is 4.79 Å². The van der Waals surface area contributed by atoms with Crippen molar-refractivity contribution in [1.29, 1.82) is 10.0 Å². The second kappa shape index (κ2) is 10.1. The fraction of sp³-hybridized carbons (Fsp3) is 0.292. The lowest BCUT2D eigenvalue weighted by molar-refractivity contribution is -0.158. The monoisotopic (exact) mass is 527 g/mol. The number of alkyl halides is 2. The average molecular weight is 528 g/mol. The molecule has 192 valence electrons. The van der Waals surface area contributed by atoms with E-state index < -0.39 is 34.2 Å². The summed E-state index contributed by atoms with van der Waals surface area (Å²) >= 11 is 0. The Labute approximate surface area is 212 Å². The van der Waals surface area contributed by atoms with E-state index in [9.17, 15) is 23.0 Å². The molecule has 2 atom stereocenters. The molecule has 0 bridgehead atoms. The molecule has 1 fully saturated rings. The molecular formula is C24H23F2N7O3S. The number of aromatic nitrogens is 3. The summed E-state index contributed by atoms with van der Waals surface area (Å²) in [7, 11) is -2.83. The van der Waals surface area contributed by atoms with E-state index in [1.807, 2.05) is 6.07 Å². The normalized spacial score (nSPS) is 18.4. The number of anilines is 2. The predicted molar refractivity (Wildman–Crippen MR) is 131 cm³/mol. The van der Waals surface area contributed by atoms with Crippen LogP contribution >= 0.6 is 0 Å². The van der Waals surface area contributed by atoms with Crippen LogP contribution in [-0.4, -0.2) is 61.3 Å². The van der Waals surface area contributed by atoms with Gasteiger partial charge in [-0.25, -0.2) is 27.7 Å². The number of carbonyl (C=O) groups excluding carboxylic acids is 1. The van der Waals surface area contributed by atoms with Gasteiger partial charge in [0, 0.05) is 42.3 Å². The van der Waals surface area contributed by atoms with Gasteiger partial charge in [-0.1, -0.05) is 0 Å². The van der Waals surface area contributed by atoms with Gasteiger partial charge in [-0.2, -0.15) is 10.2 Å². The second-order valence-electron chi connectivity index (χ2n) is 8.55. The molecule has 0 saturated carbocycles. The Morgan fingerprint density at radius 3 is 2.62 bits per heavy atom. The lowest BCUT2D eigenvalue weighted by Gasteiger charge is -2.37. The van der Waals surface area contributed by atoms with Crippen LogP contribution in [-0.2, 0) is 14.5 Å². The van der Waals surface area contributed by atoms with Crippen LogP contribution in [0.2, 0.25) is 0 Å². The highest BCUT2D eigenvalue weighted by atomic mass is 32.2. The number of halogens is 2. The number of rotatable bonds is 6. The number of benzene rings is 2. The molecule has 3 aromatic rings. The molecule has 0 radical (unpaired) electrons. The van der Waals surface area contributed by atoms with Gasteiger partial charge in [0.15, 0.2) is 11.9 Å². The highest BCUT2D eigenvalue weighted by Crippen LogP contribution is 2.33. The minimum Gasteiger partial charge on any atom is -0.483 e. The largest absolute Gasteiger partial charge is 0.483 e. The number of piperidine rings is 1. The predicted octanol–water partition coefficient (Wildman–Crippen LogP) is 3.82. The van der Waals surface area contributed by atoms with Crippen molar-refractivity contribution in [3.05, 3.63) is 54.4 Å². The van der Waals surface area contributed by atoms with Gasteiger partial charge >= 0.3 is 5.92 Å². The van der Waals surface area contributed by atoms with Crippen molar-refractivity contribution in [1.82, 2.24) is 19.9 Å². The van der Waals surface area contributed by atoms with Crippen molar-refractivity contribution in [2.45, 2.75) is 30.3 Å². The van der Waals surface area contributed by atoms with E-state index in [4.69, 9.17) is 9.52 Å². The Morgan fingerprint density at radius 2 is 2.00 bits per heavy atom. The van der Waals surface area contributed by atoms with E-state index >= 15 is 0 Å². The molecule has 1 aliphatic heterocycles. The number of carbonyl (C=O) groups is 1. The Balaban J connectivity index is 1.52. The van der Waals surface area contributed by atoms with E-state index in [1.54, 1.807) is 30.3 Å². The fourth-order valence-corrected chi connectivity index (χ4v) is 4.42. The standard InChI is InChI=1S/C24H23F2N7O3S/c1-15(34)33-10-9-21(24(25,26)13-33)36-20-8-3-16(11-17(20)12-27)22-29-14-30-23(32-22)31-18-4-6-19(7-5-18)37(2,28)35/h3-8,11,14,21,28H,9-10,13H2,1-2H3,(H,29,30,31,32). The van der Waals surface area contributed by atoms with Crippen LogP contribution in [0.15, 0.2) is 53.7 Å². The summed E-state index contributed by atoms with van der Waals surface area (Å²) in [6.45, 7) is 0.640. The van der Waals surface area contributed by atoms with E-state index in [0.29, 0.717) is 16.1 Å². The maximum absolute atomic E-state index is 14.6. The number of nitrogens with zero attached hydrogens (tertiary/aromatic N) is 5. The van der Waals surface area contributed by atoms with Crippen LogP contribution in [0.4, 0.5) is 20.4 Å². The zero-order chi connectivity index (χ0) is 26.8. The summed E-state index contributed by atoms with van der Waals surface area (Å²) in [5, 5.41) is 12.6. The summed E-state index contributed by atoms with van der Waals surface area (Å²) in [6.07, 6.45) is 1.07. The summed E-state index contributed by atoms with van der Waals surface area (Å²) in [5.41, 5.74) is 1.08. The van der Waals surface area contributed by atoms with Crippen molar-refractivity contribution in [3.63, 3.8) is 0 Å². The third-order valence-electron chi connectivity index (χ3n) is 5.74. The number of nitrogens with one attached hydrogen (secondary N) is 2. The Bertz CT molecular complexity index is 1470. The first-order chi connectivity index (χ1) is 17.5. The third kappa shape index (κ3) is 5.97. The number of hydrogen-bond donors (Lipinski definition) is 2. The third-order valence-corrected chi connectivity index (χ3v) is 6.91. The van der Waals surface area contributed by atoms with Gasteiger partial charge in [0.1, 0.15) is 18.1 Å². The fourth-order valence-electron chi connectivity index (χ4n) is 3.77. The Hall–Kier alpha value is -4.18. The number of likely N-dealkylation sites (tertiary alicyclic amines) is 1.